The molecule has 170 valence electrons. The van der Waals surface area contributed by atoms with Crippen LogP contribution in [-0.4, -0.2) is 31.9 Å². The Bertz CT molecular complexity index is 1330. The molecule has 1 aliphatic heterocycles. The van der Waals surface area contributed by atoms with Gasteiger partial charge in [-0.15, -0.1) is 0 Å². The third-order valence-electron chi connectivity index (χ3n) is 5.72. The van der Waals surface area contributed by atoms with Gasteiger partial charge in [-0.1, -0.05) is 25.1 Å². The first-order valence-electron chi connectivity index (χ1n) is 11.1. The smallest absolute Gasteiger partial charge is 0.256 e. The van der Waals surface area contributed by atoms with Gasteiger partial charge in [0, 0.05) is 17.3 Å². The Balaban J connectivity index is 1.25. The van der Waals surface area contributed by atoms with Gasteiger partial charge in [0.05, 0.1) is 30.0 Å². The number of H-pyrrole nitrogens is 1. The highest BCUT2D eigenvalue weighted by molar-refractivity contribution is 6.04. The maximum absolute atomic E-state index is 13.1. The van der Waals surface area contributed by atoms with Gasteiger partial charge in [0.1, 0.15) is 11.5 Å². The Morgan fingerprint density at radius 2 is 1.76 bits per heavy atom. The molecule has 34 heavy (non-hydrogen) atoms. The lowest BCUT2D eigenvalue weighted by Crippen LogP contribution is -2.27. The summed E-state index contributed by atoms with van der Waals surface area (Å²) in [6, 6.07) is 19.9. The molecule has 8 heteroatoms. The predicted octanol–water partition coefficient (Wildman–Crippen LogP) is 4.57. The number of carbonyl (C=O) groups is 2. The first-order valence-corrected chi connectivity index (χ1v) is 11.1. The summed E-state index contributed by atoms with van der Waals surface area (Å²) in [6.45, 7) is 2.74. The Kier molecular flexibility index (Phi) is 5.78. The summed E-state index contributed by atoms with van der Waals surface area (Å²) in [7, 11) is 0. The lowest BCUT2D eigenvalue weighted by molar-refractivity contribution is 0.0748. The third kappa shape index (κ3) is 4.25. The number of aromatic nitrogens is 3. The standard InChI is InChI=1S/C26H23N5O3/c1-2-22-20(9-6-14-27-22)26(33)31-15-21-23(16-31)29-30-24(21)28-25(32)17-10-12-19(13-11-17)34-18-7-4-3-5-8-18/h3-14H,2,15-16H2,1H3,(H2,28,29,30,32). The fourth-order valence-corrected chi connectivity index (χ4v) is 3.95. The van der Waals surface area contributed by atoms with E-state index in [0.717, 1.165) is 22.7 Å². The molecule has 3 heterocycles. The second-order valence-electron chi connectivity index (χ2n) is 7.94. The van der Waals surface area contributed by atoms with Crippen LogP contribution >= 0.6 is 0 Å². The molecule has 8 nitrogen and oxygen atoms in total. The number of hydrogen-bond acceptors (Lipinski definition) is 5. The number of benzene rings is 2. The molecule has 0 unspecified atom stereocenters. The van der Waals surface area contributed by atoms with Gasteiger partial charge in [-0.3, -0.25) is 19.7 Å². The highest BCUT2D eigenvalue weighted by Gasteiger charge is 2.30. The van der Waals surface area contributed by atoms with Crippen LogP contribution in [0.4, 0.5) is 5.82 Å². The van der Waals surface area contributed by atoms with Crippen LogP contribution in [-0.2, 0) is 19.5 Å². The van der Waals surface area contributed by atoms with Crippen LogP contribution in [0.15, 0.2) is 72.9 Å². The summed E-state index contributed by atoms with van der Waals surface area (Å²) in [5, 5.41) is 10.1. The number of hydrogen-bond donors (Lipinski definition) is 2. The topological polar surface area (TPSA) is 100 Å². The lowest BCUT2D eigenvalue weighted by Gasteiger charge is -2.17. The largest absolute Gasteiger partial charge is 0.457 e. The minimum Gasteiger partial charge on any atom is -0.457 e. The number of aromatic amines is 1. The molecule has 1 aliphatic rings. The molecule has 2 aromatic carbocycles. The van der Waals surface area contributed by atoms with Gasteiger partial charge in [-0.05, 0) is 55.0 Å². The number of nitrogens with zero attached hydrogens (tertiary/aromatic N) is 3. The molecule has 0 radical (unpaired) electrons. The fourth-order valence-electron chi connectivity index (χ4n) is 3.95. The Hall–Kier alpha value is -4.46. The summed E-state index contributed by atoms with van der Waals surface area (Å²) < 4.78 is 5.78. The van der Waals surface area contributed by atoms with E-state index in [1.807, 2.05) is 37.3 Å². The van der Waals surface area contributed by atoms with Gasteiger partial charge in [0.2, 0.25) is 0 Å². The van der Waals surface area contributed by atoms with E-state index in [-0.39, 0.29) is 11.8 Å². The van der Waals surface area contributed by atoms with Crippen LogP contribution in [0.3, 0.4) is 0 Å². The number of amides is 2. The maximum atomic E-state index is 13.1. The zero-order valence-corrected chi connectivity index (χ0v) is 18.6. The minimum absolute atomic E-state index is 0.0826. The molecular formula is C26H23N5O3. The zero-order chi connectivity index (χ0) is 23.5. The molecule has 0 aliphatic carbocycles. The second-order valence-corrected chi connectivity index (χ2v) is 7.94. The zero-order valence-electron chi connectivity index (χ0n) is 18.6. The Morgan fingerprint density at radius 1 is 1.00 bits per heavy atom. The van der Waals surface area contributed by atoms with Gasteiger partial charge in [-0.2, -0.15) is 5.10 Å². The molecule has 0 saturated carbocycles. The molecule has 0 spiro atoms. The molecule has 0 bridgehead atoms. The number of anilines is 1. The van der Waals surface area contributed by atoms with Crippen molar-refractivity contribution in [3.05, 3.63) is 101 Å². The van der Waals surface area contributed by atoms with Crippen LogP contribution in [0.2, 0.25) is 0 Å². The van der Waals surface area contributed by atoms with E-state index in [9.17, 15) is 9.59 Å². The third-order valence-corrected chi connectivity index (χ3v) is 5.72. The Labute approximate surface area is 196 Å². The van der Waals surface area contributed by atoms with Crippen molar-refractivity contribution in [3.63, 3.8) is 0 Å². The number of pyridine rings is 1. The highest BCUT2D eigenvalue weighted by Crippen LogP contribution is 2.29. The van der Waals surface area contributed by atoms with Crippen molar-refractivity contribution in [2.24, 2.45) is 0 Å². The highest BCUT2D eigenvalue weighted by atomic mass is 16.5. The van der Waals surface area contributed by atoms with E-state index in [0.29, 0.717) is 42.2 Å². The van der Waals surface area contributed by atoms with Crippen molar-refractivity contribution >= 4 is 17.6 Å². The Morgan fingerprint density at radius 3 is 2.53 bits per heavy atom. The monoisotopic (exact) mass is 453 g/mol. The molecule has 2 N–H and O–H groups in total. The summed E-state index contributed by atoms with van der Waals surface area (Å²) in [5.41, 5.74) is 3.48. The molecule has 2 amide bonds. The van der Waals surface area contributed by atoms with Crippen molar-refractivity contribution in [1.82, 2.24) is 20.1 Å². The number of nitrogens with one attached hydrogen (secondary N) is 2. The number of carbonyl (C=O) groups excluding carboxylic acids is 2. The number of ether oxygens (including phenoxy) is 1. The van der Waals surface area contributed by atoms with Crippen molar-refractivity contribution in [2.45, 2.75) is 26.4 Å². The minimum atomic E-state index is -0.286. The van der Waals surface area contributed by atoms with Crippen LogP contribution in [0.5, 0.6) is 11.5 Å². The molecule has 0 fully saturated rings. The summed E-state index contributed by atoms with van der Waals surface area (Å²) in [6.07, 6.45) is 2.37. The van der Waals surface area contributed by atoms with E-state index in [1.165, 1.54) is 0 Å². The van der Waals surface area contributed by atoms with Crippen molar-refractivity contribution in [2.75, 3.05) is 5.32 Å². The van der Waals surface area contributed by atoms with E-state index in [4.69, 9.17) is 4.74 Å². The molecule has 5 rings (SSSR count). The van der Waals surface area contributed by atoms with Gasteiger partial charge in [0.15, 0.2) is 5.82 Å². The SMILES string of the molecule is CCc1ncccc1C(=O)N1Cc2[nH]nc(NC(=O)c3ccc(Oc4ccccc4)cc3)c2C1. The fraction of sp³-hybridized carbons (Fsp3) is 0.154. The number of fused-ring (bicyclic) bond motifs is 1. The van der Waals surface area contributed by atoms with E-state index in [1.54, 1.807) is 47.5 Å². The average molecular weight is 454 g/mol. The summed E-state index contributed by atoms with van der Waals surface area (Å²) >= 11 is 0. The van der Waals surface area contributed by atoms with Crippen molar-refractivity contribution in [3.8, 4) is 11.5 Å². The molecular weight excluding hydrogens is 430 g/mol. The predicted molar refractivity (Wildman–Crippen MR) is 127 cm³/mol. The number of rotatable bonds is 6. The van der Waals surface area contributed by atoms with Gasteiger partial charge in [0.25, 0.3) is 11.8 Å². The first-order chi connectivity index (χ1) is 16.6. The van der Waals surface area contributed by atoms with Crippen LogP contribution in [0.25, 0.3) is 0 Å². The van der Waals surface area contributed by atoms with Crippen LogP contribution in [0, 0.1) is 0 Å². The van der Waals surface area contributed by atoms with Crippen LogP contribution < -0.4 is 10.1 Å². The maximum Gasteiger partial charge on any atom is 0.256 e. The molecule has 4 aromatic rings. The first kappa shape index (κ1) is 21.4. The van der Waals surface area contributed by atoms with Crippen molar-refractivity contribution in [1.29, 1.82) is 0 Å². The molecule has 0 saturated heterocycles. The lowest BCUT2D eigenvalue weighted by atomic mass is 10.1. The second kappa shape index (κ2) is 9.19. The van der Waals surface area contributed by atoms with Gasteiger partial charge >= 0.3 is 0 Å². The van der Waals surface area contributed by atoms with Gasteiger partial charge < -0.3 is 15.0 Å². The quantitative estimate of drug-likeness (QED) is 0.446. The van der Waals surface area contributed by atoms with E-state index in [2.05, 4.69) is 20.5 Å². The van der Waals surface area contributed by atoms with Crippen molar-refractivity contribution < 1.29 is 14.3 Å². The molecule has 0 atom stereocenters. The van der Waals surface area contributed by atoms with Gasteiger partial charge in [-0.25, -0.2) is 0 Å². The average Bonchev–Trinajstić information content (AvgIpc) is 3.46. The summed E-state index contributed by atoms with van der Waals surface area (Å²) in [4.78, 5) is 31.9. The number of aryl methyl sites for hydroxylation is 1. The van der Waals surface area contributed by atoms with E-state index >= 15 is 0 Å². The summed E-state index contributed by atoms with van der Waals surface area (Å²) in [5.74, 6) is 1.43. The van der Waals surface area contributed by atoms with Crippen LogP contribution in [0.1, 0.15) is 44.6 Å². The normalized spacial score (nSPS) is 12.3. The number of para-hydroxylation sites is 1. The van der Waals surface area contributed by atoms with E-state index < -0.39 is 0 Å². The molecule has 2 aromatic heterocycles.